The predicted molar refractivity (Wildman–Crippen MR) is 64.7 cm³/mol. The number of hydrogen-bond donors (Lipinski definition) is 0. The highest BCUT2D eigenvalue weighted by Crippen LogP contribution is 2.29. The van der Waals surface area contributed by atoms with E-state index in [-0.39, 0.29) is 12.1 Å². The standard InChI is InChI=1S/C9H15NO2.CH3I/c1-7(11)12-9-6-10-4-2-8(9)3-5-10;1-2/h8-9H,2-6H2,1H3;1H3. The van der Waals surface area contributed by atoms with Crippen molar-refractivity contribution in [2.75, 3.05) is 24.6 Å². The lowest BCUT2D eigenvalue weighted by Gasteiger charge is -2.43. The lowest BCUT2D eigenvalue weighted by atomic mass is 9.86. The van der Waals surface area contributed by atoms with Crippen LogP contribution in [-0.2, 0) is 9.53 Å². The second-order valence-corrected chi connectivity index (χ2v) is 3.79. The number of carbonyl (C=O) groups excluding carboxylic acids is 1. The molecule has 0 spiro atoms. The van der Waals surface area contributed by atoms with E-state index in [1.54, 1.807) is 0 Å². The maximum absolute atomic E-state index is 10.7. The van der Waals surface area contributed by atoms with E-state index < -0.39 is 0 Å². The number of hydrogen-bond acceptors (Lipinski definition) is 3. The predicted octanol–water partition coefficient (Wildman–Crippen LogP) is 1.69. The summed E-state index contributed by atoms with van der Waals surface area (Å²) in [5.74, 6) is 0.507. The van der Waals surface area contributed by atoms with Crippen LogP contribution in [0.1, 0.15) is 19.8 Å². The summed E-state index contributed by atoms with van der Waals surface area (Å²) < 4.78 is 5.24. The van der Waals surface area contributed by atoms with Gasteiger partial charge in [0.2, 0.25) is 0 Å². The van der Waals surface area contributed by atoms with E-state index in [4.69, 9.17) is 4.74 Å². The molecule has 0 aromatic heterocycles. The highest BCUT2D eigenvalue weighted by atomic mass is 127. The van der Waals surface area contributed by atoms with E-state index in [0.29, 0.717) is 5.92 Å². The van der Waals surface area contributed by atoms with Crippen LogP contribution in [0.15, 0.2) is 0 Å². The number of nitrogens with zero attached hydrogens (tertiary/aromatic N) is 1. The first kappa shape index (κ1) is 12.2. The Labute approximate surface area is 99.3 Å². The molecule has 2 bridgehead atoms. The molecule has 0 N–H and O–H groups in total. The maximum atomic E-state index is 10.7. The van der Waals surface area contributed by atoms with Crippen LogP contribution in [0, 0.1) is 5.92 Å². The van der Waals surface area contributed by atoms with Crippen LogP contribution in [0.25, 0.3) is 0 Å². The number of piperidine rings is 3. The minimum Gasteiger partial charge on any atom is -0.461 e. The van der Waals surface area contributed by atoms with Gasteiger partial charge in [-0.1, -0.05) is 22.6 Å². The van der Waals surface area contributed by atoms with Crippen molar-refractivity contribution in [1.29, 1.82) is 0 Å². The zero-order chi connectivity index (χ0) is 10.6. The highest BCUT2D eigenvalue weighted by Gasteiger charge is 2.35. The Bertz CT molecular complexity index is 191. The van der Waals surface area contributed by atoms with Crippen LogP contribution in [-0.4, -0.2) is 41.5 Å². The lowest BCUT2D eigenvalue weighted by molar-refractivity contribution is -0.156. The lowest BCUT2D eigenvalue weighted by Crippen LogP contribution is -2.51. The van der Waals surface area contributed by atoms with Gasteiger partial charge in [-0.15, -0.1) is 0 Å². The molecule has 3 aliphatic rings. The third-order valence-corrected chi connectivity index (χ3v) is 2.91. The smallest absolute Gasteiger partial charge is 0.302 e. The zero-order valence-electron chi connectivity index (χ0n) is 8.83. The molecule has 3 nitrogen and oxygen atoms in total. The quantitative estimate of drug-likeness (QED) is 0.419. The Balaban J connectivity index is 0.000000461. The van der Waals surface area contributed by atoms with Crippen molar-refractivity contribution in [1.82, 2.24) is 4.90 Å². The minimum absolute atomic E-state index is 0.131. The van der Waals surface area contributed by atoms with Crippen molar-refractivity contribution in [3.05, 3.63) is 0 Å². The molecule has 3 heterocycles. The Morgan fingerprint density at radius 1 is 1.36 bits per heavy atom. The van der Waals surface area contributed by atoms with E-state index in [0.717, 1.165) is 6.54 Å². The topological polar surface area (TPSA) is 29.5 Å². The van der Waals surface area contributed by atoms with Crippen molar-refractivity contribution in [3.63, 3.8) is 0 Å². The summed E-state index contributed by atoms with van der Waals surface area (Å²) in [6.45, 7) is 4.85. The van der Waals surface area contributed by atoms with Crippen molar-refractivity contribution >= 4 is 28.6 Å². The van der Waals surface area contributed by atoms with Crippen molar-refractivity contribution in [2.24, 2.45) is 5.92 Å². The maximum Gasteiger partial charge on any atom is 0.302 e. The molecular weight excluding hydrogens is 293 g/mol. The monoisotopic (exact) mass is 311 g/mol. The molecule has 3 rings (SSSR count). The van der Waals surface area contributed by atoms with Gasteiger partial charge in [0.15, 0.2) is 0 Å². The Kier molecular flexibility index (Phi) is 5.15. The van der Waals surface area contributed by atoms with Gasteiger partial charge < -0.3 is 4.74 Å². The van der Waals surface area contributed by atoms with Gasteiger partial charge in [0, 0.05) is 13.5 Å². The molecule has 0 radical (unpaired) electrons. The van der Waals surface area contributed by atoms with E-state index in [2.05, 4.69) is 27.5 Å². The van der Waals surface area contributed by atoms with E-state index in [1.807, 2.05) is 4.93 Å². The summed E-state index contributed by atoms with van der Waals surface area (Å²) in [7, 11) is 0. The number of esters is 1. The number of alkyl halides is 1. The fourth-order valence-electron chi connectivity index (χ4n) is 2.26. The van der Waals surface area contributed by atoms with Gasteiger partial charge in [-0.2, -0.15) is 0 Å². The number of rotatable bonds is 1. The van der Waals surface area contributed by atoms with Gasteiger partial charge in [0.25, 0.3) is 0 Å². The van der Waals surface area contributed by atoms with Gasteiger partial charge in [0.1, 0.15) is 6.10 Å². The minimum atomic E-state index is -0.131. The molecule has 1 unspecified atom stereocenters. The number of fused-ring (bicyclic) bond motifs is 3. The SMILES string of the molecule is CC(=O)OC1CN2CCC1CC2.CI. The second kappa shape index (κ2) is 5.90. The fraction of sp³-hybridized carbons (Fsp3) is 0.900. The summed E-state index contributed by atoms with van der Waals surface area (Å²) >= 11 is 2.15. The molecule has 82 valence electrons. The van der Waals surface area contributed by atoms with Crippen LogP contribution < -0.4 is 0 Å². The molecule has 3 aliphatic heterocycles. The van der Waals surface area contributed by atoms with Gasteiger partial charge in [-0.05, 0) is 36.8 Å². The molecule has 0 aromatic rings. The zero-order valence-corrected chi connectivity index (χ0v) is 11.0. The number of halogens is 1. The van der Waals surface area contributed by atoms with Crippen molar-refractivity contribution in [2.45, 2.75) is 25.9 Å². The van der Waals surface area contributed by atoms with E-state index >= 15 is 0 Å². The highest BCUT2D eigenvalue weighted by molar-refractivity contribution is 14.1. The normalized spacial score (nSPS) is 34.4. The fourth-order valence-corrected chi connectivity index (χ4v) is 2.26. The molecule has 1 atom stereocenters. The third kappa shape index (κ3) is 3.08. The van der Waals surface area contributed by atoms with Gasteiger partial charge in [-0.3, -0.25) is 9.69 Å². The van der Waals surface area contributed by atoms with Gasteiger partial charge in [-0.25, -0.2) is 0 Å². The second-order valence-electron chi connectivity index (χ2n) is 3.79. The Morgan fingerprint density at radius 2 is 1.93 bits per heavy atom. The van der Waals surface area contributed by atoms with Crippen molar-refractivity contribution < 1.29 is 9.53 Å². The first-order valence-electron chi connectivity index (χ1n) is 5.03. The van der Waals surface area contributed by atoms with Crippen molar-refractivity contribution in [3.8, 4) is 0 Å². The molecule has 0 amide bonds. The first-order chi connectivity index (χ1) is 6.75. The molecule has 14 heavy (non-hydrogen) atoms. The summed E-state index contributed by atoms with van der Waals surface area (Å²) in [6.07, 6.45) is 2.60. The molecule has 0 aromatic carbocycles. The number of carbonyl (C=O) groups is 1. The van der Waals surface area contributed by atoms with Crippen LogP contribution in [0.4, 0.5) is 0 Å². The average molecular weight is 311 g/mol. The molecular formula is C10H18INO2. The molecule has 3 saturated heterocycles. The Morgan fingerprint density at radius 3 is 2.29 bits per heavy atom. The van der Waals surface area contributed by atoms with E-state index in [9.17, 15) is 4.79 Å². The molecule has 4 heteroatoms. The summed E-state index contributed by atoms with van der Waals surface area (Å²) in [4.78, 5) is 15.1. The van der Waals surface area contributed by atoms with Crippen LogP contribution in [0.5, 0.6) is 0 Å². The van der Waals surface area contributed by atoms with Crippen LogP contribution >= 0.6 is 22.6 Å². The van der Waals surface area contributed by atoms with Gasteiger partial charge >= 0.3 is 5.97 Å². The first-order valence-corrected chi connectivity index (χ1v) is 7.19. The largest absolute Gasteiger partial charge is 0.461 e. The number of ether oxygens (including phenoxy) is 1. The van der Waals surface area contributed by atoms with Gasteiger partial charge in [0.05, 0.1) is 0 Å². The molecule has 0 aliphatic carbocycles. The molecule has 3 fully saturated rings. The summed E-state index contributed by atoms with van der Waals surface area (Å²) in [6, 6.07) is 0. The molecule has 0 saturated carbocycles. The summed E-state index contributed by atoms with van der Waals surface area (Å²) in [5, 5.41) is 0. The Hall–Kier alpha value is 0.160. The summed E-state index contributed by atoms with van der Waals surface area (Å²) in [5.41, 5.74) is 0. The third-order valence-electron chi connectivity index (χ3n) is 2.91. The van der Waals surface area contributed by atoms with Crippen LogP contribution in [0.2, 0.25) is 0 Å². The average Bonchev–Trinajstić information content (AvgIpc) is 2.21. The van der Waals surface area contributed by atoms with E-state index in [1.165, 1.54) is 32.9 Å². The van der Waals surface area contributed by atoms with Crippen LogP contribution in [0.3, 0.4) is 0 Å².